The summed E-state index contributed by atoms with van der Waals surface area (Å²) in [6.45, 7) is 0.151. The minimum atomic E-state index is -0.504. The third kappa shape index (κ3) is 5.06. The van der Waals surface area contributed by atoms with Crippen molar-refractivity contribution in [1.29, 1.82) is 0 Å². The lowest BCUT2D eigenvalue weighted by atomic mass is 10.1. The molecule has 1 atom stereocenters. The third-order valence-corrected chi connectivity index (χ3v) is 4.94. The fourth-order valence-electron chi connectivity index (χ4n) is 3.27. The Balaban J connectivity index is 1.58. The van der Waals surface area contributed by atoms with Crippen LogP contribution < -0.4 is 15.0 Å². The van der Waals surface area contributed by atoms with Crippen molar-refractivity contribution in [2.45, 2.75) is 6.42 Å². The largest absolute Gasteiger partial charge is 0.497 e. The molecule has 1 aliphatic rings. The molecule has 1 heterocycles. The van der Waals surface area contributed by atoms with Gasteiger partial charge in [0, 0.05) is 42.5 Å². The van der Waals surface area contributed by atoms with E-state index in [0.717, 1.165) is 0 Å². The van der Waals surface area contributed by atoms with Crippen molar-refractivity contribution >= 4 is 40.7 Å². The lowest BCUT2D eigenvalue weighted by molar-refractivity contribution is -0.137. The van der Waals surface area contributed by atoms with Gasteiger partial charge in [0.2, 0.25) is 17.7 Å². The van der Waals surface area contributed by atoms with Gasteiger partial charge in [0.25, 0.3) is 0 Å². The molecule has 0 saturated carbocycles. The van der Waals surface area contributed by atoms with Crippen LogP contribution in [-0.4, -0.2) is 49.9 Å². The van der Waals surface area contributed by atoms with Gasteiger partial charge < -0.3 is 19.9 Å². The molecule has 0 bridgehead atoms. The predicted molar refractivity (Wildman–Crippen MR) is 111 cm³/mol. The topological polar surface area (TPSA) is 79.0 Å². The average molecular weight is 416 g/mol. The van der Waals surface area contributed by atoms with Crippen molar-refractivity contribution in [2.24, 2.45) is 5.92 Å². The van der Waals surface area contributed by atoms with Crippen molar-refractivity contribution in [3.63, 3.8) is 0 Å². The van der Waals surface area contributed by atoms with E-state index in [1.807, 2.05) is 0 Å². The number of anilines is 2. The summed E-state index contributed by atoms with van der Waals surface area (Å²) in [4.78, 5) is 40.3. The highest BCUT2D eigenvalue weighted by Crippen LogP contribution is 2.28. The van der Waals surface area contributed by atoms with Crippen LogP contribution in [0.1, 0.15) is 6.42 Å². The van der Waals surface area contributed by atoms with Gasteiger partial charge in [-0.05, 0) is 30.3 Å². The number of rotatable bonds is 6. The van der Waals surface area contributed by atoms with Gasteiger partial charge in [-0.2, -0.15) is 0 Å². The summed E-state index contributed by atoms with van der Waals surface area (Å²) in [5.74, 6) is -0.595. The molecule has 0 aromatic heterocycles. The van der Waals surface area contributed by atoms with E-state index in [2.05, 4.69) is 5.32 Å². The molecule has 0 spiro atoms. The Morgan fingerprint density at radius 3 is 2.72 bits per heavy atom. The van der Waals surface area contributed by atoms with Gasteiger partial charge in [0.1, 0.15) is 5.75 Å². The van der Waals surface area contributed by atoms with E-state index in [9.17, 15) is 14.4 Å². The minimum Gasteiger partial charge on any atom is -0.497 e. The first kappa shape index (κ1) is 20.7. The Hall–Kier alpha value is -3.06. The van der Waals surface area contributed by atoms with E-state index in [-0.39, 0.29) is 37.2 Å². The second-order valence-electron chi connectivity index (χ2n) is 6.86. The molecule has 152 valence electrons. The molecule has 1 N–H and O–H groups in total. The number of nitrogens with one attached hydrogen (secondary N) is 1. The zero-order valence-electron chi connectivity index (χ0n) is 16.2. The van der Waals surface area contributed by atoms with Crippen molar-refractivity contribution in [3.8, 4) is 5.75 Å². The standard InChI is InChI=1S/C21H22ClN3O4/c1-24(13-19(26)23-16-6-4-8-18(11-16)29-2)21(28)14-9-20(27)25(12-14)17-7-3-5-15(22)10-17/h3-8,10-11,14H,9,12-13H2,1-2H3,(H,23,26). The summed E-state index contributed by atoms with van der Waals surface area (Å²) < 4.78 is 5.13. The fourth-order valence-corrected chi connectivity index (χ4v) is 3.46. The van der Waals surface area contributed by atoms with E-state index < -0.39 is 5.92 Å². The van der Waals surface area contributed by atoms with Crippen LogP contribution >= 0.6 is 11.6 Å². The Bertz CT molecular complexity index is 934. The van der Waals surface area contributed by atoms with Crippen LogP contribution in [0.15, 0.2) is 48.5 Å². The average Bonchev–Trinajstić information content (AvgIpc) is 3.09. The maximum absolute atomic E-state index is 12.7. The highest BCUT2D eigenvalue weighted by molar-refractivity contribution is 6.31. The number of carbonyl (C=O) groups excluding carboxylic acids is 3. The van der Waals surface area contributed by atoms with Crippen LogP contribution in [0.4, 0.5) is 11.4 Å². The highest BCUT2D eigenvalue weighted by Gasteiger charge is 2.36. The maximum atomic E-state index is 12.7. The van der Waals surface area contributed by atoms with Crippen LogP contribution in [0.25, 0.3) is 0 Å². The van der Waals surface area contributed by atoms with Gasteiger partial charge >= 0.3 is 0 Å². The molecule has 1 unspecified atom stereocenters. The number of methoxy groups -OCH3 is 1. The normalized spacial score (nSPS) is 15.9. The summed E-state index contributed by atoms with van der Waals surface area (Å²) >= 11 is 6.00. The van der Waals surface area contributed by atoms with Crippen LogP contribution in [0.3, 0.4) is 0 Å². The quantitative estimate of drug-likeness (QED) is 0.786. The first-order valence-corrected chi connectivity index (χ1v) is 9.50. The van der Waals surface area contributed by atoms with Crippen LogP contribution in [0.2, 0.25) is 5.02 Å². The van der Waals surface area contributed by atoms with E-state index in [1.165, 1.54) is 4.90 Å². The molecule has 3 amide bonds. The smallest absolute Gasteiger partial charge is 0.243 e. The summed E-state index contributed by atoms with van der Waals surface area (Å²) in [6, 6.07) is 13.9. The molecule has 0 aliphatic carbocycles. The summed E-state index contributed by atoms with van der Waals surface area (Å²) in [7, 11) is 3.10. The third-order valence-electron chi connectivity index (χ3n) is 4.70. The maximum Gasteiger partial charge on any atom is 0.243 e. The molecule has 29 heavy (non-hydrogen) atoms. The van der Waals surface area contributed by atoms with Crippen LogP contribution in [-0.2, 0) is 14.4 Å². The summed E-state index contributed by atoms with van der Waals surface area (Å²) in [6.07, 6.45) is 0.104. The number of nitrogens with zero attached hydrogens (tertiary/aromatic N) is 2. The number of halogens is 1. The molecule has 0 radical (unpaired) electrons. The molecule has 2 aromatic carbocycles. The van der Waals surface area contributed by atoms with Crippen molar-refractivity contribution in [2.75, 3.05) is 37.5 Å². The van der Waals surface area contributed by atoms with Crippen molar-refractivity contribution < 1.29 is 19.1 Å². The number of benzene rings is 2. The summed E-state index contributed by atoms with van der Waals surface area (Å²) in [5, 5.41) is 3.26. The van der Waals surface area contributed by atoms with Gasteiger partial charge in [-0.1, -0.05) is 23.7 Å². The van der Waals surface area contributed by atoms with Gasteiger partial charge in [0.15, 0.2) is 0 Å². The molecule has 3 rings (SSSR count). The highest BCUT2D eigenvalue weighted by atomic mass is 35.5. The zero-order chi connectivity index (χ0) is 21.0. The van der Waals surface area contributed by atoms with E-state index in [4.69, 9.17) is 16.3 Å². The number of carbonyl (C=O) groups is 3. The van der Waals surface area contributed by atoms with Crippen LogP contribution in [0, 0.1) is 5.92 Å². The zero-order valence-corrected chi connectivity index (χ0v) is 17.0. The Kier molecular flexibility index (Phi) is 6.39. The molecule has 2 aromatic rings. The molecule has 1 fully saturated rings. The summed E-state index contributed by atoms with van der Waals surface area (Å²) in [5.41, 5.74) is 1.24. The second kappa shape index (κ2) is 8.96. The molecular formula is C21H22ClN3O4. The van der Waals surface area contributed by atoms with Crippen molar-refractivity contribution in [1.82, 2.24) is 4.90 Å². The van der Waals surface area contributed by atoms with Gasteiger partial charge in [-0.15, -0.1) is 0 Å². The predicted octanol–water partition coefficient (Wildman–Crippen LogP) is 2.80. The molecule has 1 aliphatic heterocycles. The van der Waals surface area contributed by atoms with Gasteiger partial charge in [-0.3, -0.25) is 14.4 Å². The number of hydrogen-bond acceptors (Lipinski definition) is 4. The number of ether oxygens (including phenoxy) is 1. The lowest BCUT2D eigenvalue weighted by Gasteiger charge is -2.21. The van der Waals surface area contributed by atoms with Crippen molar-refractivity contribution in [3.05, 3.63) is 53.6 Å². The monoisotopic (exact) mass is 415 g/mol. The number of likely N-dealkylation sites (N-methyl/N-ethyl adjacent to an activating group) is 1. The van der Waals surface area contributed by atoms with E-state index in [1.54, 1.807) is 67.6 Å². The number of hydrogen-bond donors (Lipinski definition) is 1. The first-order valence-electron chi connectivity index (χ1n) is 9.12. The Morgan fingerprint density at radius 2 is 2.00 bits per heavy atom. The van der Waals surface area contributed by atoms with Gasteiger partial charge in [-0.25, -0.2) is 0 Å². The van der Waals surface area contributed by atoms with Gasteiger partial charge in [0.05, 0.1) is 19.6 Å². The molecule has 8 heteroatoms. The second-order valence-corrected chi connectivity index (χ2v) is 7.30. The Labute approximate surface area is 174 Å². The number of amides is 3. The Morgan fingerprint density at radius 1 is 1.24 bits per heavy atom. The first-order chi connectivity index (χ1) is 13.9. The van der Waals surface area contributed by atoms with E-state index in [0.29, 0.717) is 22.1 Å². The van der Waals surface area contributed by atoms with Crippen LogP contribution in [0.5, 0.6) is 5.75 Å². The fraction of sp³-hybridized carbons (Fsp3) is 0.286. The molecule has 1 saturated heterocycles. The SMILES string of the molecule is COc1cccc(NC(=O)CN(C)C(=O)C2CC(=O)N(c3cccc(Cl)c3)C2)c1. The lowest BCUT2D eigenvalue weighted by Crippen LogP contribution is -2.39. The van der Waals surface area contributed by atoms with E-state index >= 15 is 0 Å². The minimum absolute atomic E-state index is 0.104. The molecule has 7 nitrogen and oxygen atoms in total. The molecular weight excluding hydrogens is 394 g/mol.